The van der Waals surface area contributed by atoms with Gasteiger partial charge in [0.25, 0.3) is 0 Å². The van der Waals surface area contributed by atoms with Crippen LogP contribution in [0.2, 0.25) is 0 Å². The van der Waals surface area contributed by atoms with Crippen molar-refractivity contribution in [3.05, 3.63) is 95.6 Å². The van der Waals surface area contributed by atoms with Crippen LogP contribution in [0.1, 0.15) is 153 Å². The molecule has 2 fully saturated rings. The molecule has 57 heavy (non-hydrogen) atoms. The van der Waals surface area contributed by atoms with Gasteiger partial charge in [0.05, 0.1) is 13.2 Å². The molecule has 2 aromatic carbocycles. The van der Waals surface area contributed by atoms with Crippen molar-refractivity contribution in [2.24, 2.45) is 0 Å². The van der Waals surface area contributed by atoms with Gasteiger partial charge in [0.2, 0.25) is 0 Å². The number of nitrogens with zero attached hydrogens (tertiary/aromatic N) is 4. The third-order valence-corrected chi connectivity index (χ3v) is 11.1. The smallest absolute Gasteiger partial charge is 0.163 e. The standard InChI is InChI=1S/C48H66N4O5/c1-7-9-11-13-15-17-19-35-29-49-45(50-30-35)39-25-21-37(22-26-39)43(41-33-53-47(3,4)56-41)55-44(42-34-54-48(5,6)57-42)38-23-27-40(28-24-38)46-51-31-36(32-52-46)20-18-16-14-12-10-8-2/h21-32,41-44H,7-20,33-34H2,1-6H3/t41?,42?,43-,44-/m0/s1. The molecule has 0 amide bonds. The Morgan fingerprint density at radius 2 is 0.877 bits per heavy atom. The van der Waals surface area contributed by atoms with Crippen molar-refractivity contribution in [2.75, 3.05) is 13.2 Å². The molecule has 0 saturated carbocycles. The Morgan fingerprint density at radius 1 is 0.526 bits per heavy atom. The van der Waals surface area contributed by atoms with Gasteiger partial charge in [-0.05, 0) is 75.6 Å². The summed E-state index contributed by atoms with van der Waals surface area (Å²) >= 11 is 0. The van der Waals surface area contributed by atoms with E-state index >= 15 is 0 Å². The molecule has 0 bridgehead atoms. The van der Waals surface area contributed by atoms with E-state index in [9.17, 15) is 0 Å². The lowest BCUT2D eigenvalue weighted by atomic mass is 9.99. The van der Waals surface area contributed by atoms with Crippen LogP contribution in [0, 0.1) is 0 Å². The summed E-state index contributed by atoms with van der Waals surface area (Å²) in [6.07, 6.45) is 23.6. The number of unbranched alkanes of at least 4 members (excludes halogenated alkanes) is 10. The van der Waals surface area contributed by atoms with Gasteiger partial charge in [0, 0.05) is 35.9 Å². The second-order valence-corrected chi connectivity index (χ2v) is 16.8. The van der Waals surface area contributed by atoms with Gasteiger partial charge in [0.1, 0.15) is 24.4 Å². The van der Waals surface area contributed by atoms with E-state index in [0.717, 1.165) is 35.1 Å². The molecule has 2 unspecified atom stereocenters. The Bertz CT molecular complexity index is 1630. The zero-order chi connectivity index (χ0) is 40.1. The van der Waals surface area contributed by atoms with E-state index in [1.54, 1.807) is 0 Å². The summed E-state index contributed by atoms with van der Waals surface area (Å²) in [4.78, 5) is 18.9. The molecule has 4 heterocycles. The molecule has 0 aliphatic carbocycles. The summed E-state index contributed by atoms with van der Waals surface area (Å²) in [6.45, 7) is 13.1. The van der Waals surface area contributed by atoms with E-state index < -0.39 is 23.8 Å². The molecule has 308 valence electrons. The van der Waals surface area contributed by atoms with Crippen LogP contribution in [-0.2, 0) is 36.5 Å². The van der Waals surface area contributed by atoms with Crippen LogP contribution in [0.25, 0.3) is 22.8 Å². The Kier molecular flexibility index (Phi) is 15.8. The van der Waals surface area contributed by atoms with E-state index in [-0.39, 0.29) is 12.2 Å². The number of aromatic nitrogens is 4. The Hall–Kier alpha value is -3.60. The molecule has 2 saturated heterocycles. The average Bonchev–Trinajstić information content (AvgIpc) is 3.78. The van der Waals surface area contributed by atoms with Crippen molar-refractivity contribution in [1.82, 2.24) is 19.9 Å². The molecule has 4 atom stereocenters. The number of hydrogen-bond donors (Lipinski definition) is 0. The van der Waals surface area contributed by atoms with Crippen LogP contribution in [0.4, 0.5) is 0 Å². The highest BCUT2D eigenvalue weighted by Crippen LogP contribution is 2.41. The number of ether oxygens (including phenoxy) is 5. The topological polar surface area (TPSA) is 97.7 Å². The highest BCUT2D eigenvalue weighted by Gasteiger charge is 2.44. The number of rotatable bonds is 22. The minimum absolute atomic E-state index is 0.344. The first-order valence-electron chi connectivity index (χ1n) is 21.7. The SMILES string of the molecule is CCCCCCCCc1cnc(-c2ccc([C@H](O[C@@H](c3ccc(-c4ncc(CCCCCCCC)cn4)cc3)C3COC(C)(C)O3)C3COC(C)(C)O3)cc2)nc1. The van der Waals surface area contributed by atoms with Crippen LogP contribution < -0.4 is 0 Å². The average molecular weight is 779 g/mol. The molecule has 4 aromatic rings. The lowest BCUT2D eigenvalue weighted by Gasteiger charge is -2.32. The predicted octanol–water partition coefficient (Wildman–Crippen LogP) is 11.5. The summed E-state index contributed by atoms with van der Waals surface area (Å²) < 4.78 is 32.3. The van der Waals surface area contributed by atoms with Crippen molar-refractivity contribution in [1.29, 1.82) is 0 Å². The molecule has 6 rings (SSSR count). The molecular formula is C48H66N4O5. The Labute approximate surface area is 341 Å². The van der Waals surface area contributed by atoms with Gasteiger partial charge < -0.3 is 23.7 Å². The zero-order valence-electron chi connectivity index (χ0n) is 35.4. The first-order chi connectivity index (χ1) is 27.6. The highest BCUT2D eigenvalue weighted by atomic mass is 16.8. The minimum atomic E-state index is -0.729. The van der Waals surface area contributed by atoms with Crippen LogP contribution >= 0.6 is 0 Å². The van der Waals surface area contributed by atoms with Gasteiger partial charge in [-0.3, -0.25) is 0 Å². The van der Waals surface area contributed by atoms with Gasteiger partial charge in [0.15, 0.2) is 23.2 Å². The first kappa shape index (κ1) is 43.0. The molecule has 0 N–H and O–H groups in total. The van der Waals surface area contributed by atoms with Gasteiger partial charge in [-0.2, -0.15) is 0 Å². The Morgan fingerprint density at radius 3 is 1.21 bits per heavy atom. The van der Waals surface area contributed by atoms with Crippen LogP contribution in [0.5, 0.6) is 0 Å². The summed E-state index contributed by atoms with van der Waals surface area (Å²) in [6, 6.07) is 16.6. The van der Waals surface area contributed by atoms with Crippen molar-refractivity contribution in [3.8, 4) is 22.8 Å². The summed E-state index contributed by atoms with van der Waals surface area (Å²) in [5, 5.41) is 0. The fourth-order valence-corrected chi connectivity index (χ4v) is 7.78. The lowest BCUT2D eigenvalue weighted by molar-refractivity contribution is -0.187. The van der Waals surface area contributed by atoms with Crippen molar-refractivity contribution < 1.29 is 23.7 Å². The second-order valence-electron chi connectivity index (χ2n) is 16.8. The number of aryl methyl sites for hydroxylation is 2. The summed E-state index contributed by atoms with van der Waals surface area (Å²) in [5.74, 6) is -0.0397. The van der Waals surface area contributed by atoms with Gasteiger partial charge in [-0.25, -0.2) is 19.9 Å². The zero-order valence-corrected chi connectivity index (χ0v) is 35.4. The maximum Gasteiger partial charge on any atom is 0.163 e. The van der Waals surface area contributed by atoms with Crippen LogP contribution in [-0.4, -0.2) is 56.9 Å². The van der Waals surface area contributed by atoms with E-state index in [1.165, 1.54) is 88.2 Å². The van der Waals surface area contributed by atoms with Crippen molar-refractivity contribution in [3.63, 3.8) is 0 Å². The molecule has 0 spiro atoms. The molecule has 0 radical (unpaired) electrons. The summed E-state index contributed by atoms with van der Waals surface area (Å²) in [7, 11) is 0. The van der Waals surface area contributed by atoms with Gasteiger partial charge in [-0.15, -0.1) is 0 Å². The molecule has 2 aromatic heterocycles. The number of hydrogen-bond acceptors (Lipinski definition) is 9. The van der Waals surface area contributed by atoms with Crippen LogP contribution in [0.3, 0.4) is 0 Å². The summed E-state index contributed by atoms with van der Waals surface area (Å²) in [5.41, 5.74) is 6.21. The maximum atomic E-state index is 7.16. The second kappa shape index (κ2) is 20.9. The van der Waals surface area contributed by atoms with E-state index in [0.29, 0.717) is 24.9 Å². The molecule has 2 aliphatic rings. The van der Waals surface area contributed by atoms with Crippen molar-refractivity contribution >= 4 is 0 Å². The third-order valence-electron chi connectivity index (χ3n) is 11.1. The first-order valence-corrected chi connectivity index (χ1v) is 21.7. The fourth-order valence-electron chi connectivity index (χ4n) is 7.78. The predicted molar refractivity (Wildman–Crippen MR) is 225 cm³/mol. The maximum absolute atomic E-state index is 7.16. The fraction of sp³-hybridized carbons (Fsp3) is 0.583. The van der Waals surface area contributed by atoms with E-state index in [1.807, 2.05) is 52.5 Å². The molecular weight excluding hydrogens is 713 g/mol. The van der Waals surface area contributed by atoms with E-state index in [2.05, 4.69) is 62.4 Å². The largest absolute Gasteiger partial charge is 0.360 e. The molecule has 9 heteroatoms. The molecule has 2 aliphatic heterocycles. The number of benzene rings is 2. The normalized spacial score (nSPS) is 19.8. The Balaban J connectivity index is 1.17. The third kappa shape index (κ3) is 12.7. The van der Waals surface area contributed by atoms with Crippen molar-refractivity contribution in [2.45, 2.75) is 167 Å². The highest BCUT2D eigenvalue weighted by molar-refractivity contribution is 5.56. The monoisotopic (exact) mass is 779 g/mol. The van der Waals surface area contributed by atoms with Crippen LogP contribution in [0.15, 0.2) is 73.3 Å². The van der Waals surface area contributed by atoms with Gasteiger partial charge in [-0.1, -0.05) is 127 Å². The molecule has 9 nitrogen and oxygen atoms in total. The lowest BCUT2D eigenvalue weighted by Crippen LogP contribution is -2.33. The van der Waals surface area contributed by atoms with E-state index in [4.69, 9.17) is 43.6 Å². The quantitative estimate of drug-likeness (QED) is 0.0722. The minimum Gasteiger partial charge on any atom is -0.360 e. The van der Waals surface area contributed by atoms with Gasteiger partial charge >= 0.3 is 0 Å².